The molecule has 3 N–H and O–H groups in total. The van der Waals surface area contributed by atoms with Crippen LogP contribution in [0.1, 0.15) is 271 Å². The number of aliphatic hydroxyl groups is 2. The van der Waals surface area contributed by atoms with Gasteiger partial charge in [-0.3, -0.25) is 9.59 Å². The summed E-state index contributed by atoms with van der Waals surface area (Å²) in [6.45, 7) is 4.89. The molecule has 0 aliphatic rings. The third-order valence-corrected chi connectivity index (χ3v) is 11.4. The van der Waals surface area contributed by atoms with Gasteiger partial charge < -0.3 is 20.3 Å². The first-order chi connectivity index (χ1) is 26.5. The average molecular weight is 766 g/mol. The summed E-state index contributed by atoms with van der Waals surface area (Å²) in [4.78, 5) is 24.4. The second kappa shape index (κ2) is 44.6. The van der Waals surface area contributed by atoms with E-state index in [4.69, 9.17) is 4.74 Å². The lowest BCUT2D eigenvalue weighted by atomic mass is 10.0. The first-order valence-electron chi connectivity index (χ1n) is 24.3. The summed E-state index contributed by atoms with van der Waals surface area (Å²) in [6, 6.07) is -0.558. The Kier molecular flexibility index (Phi) is 43.6. The van der Waals surface area contributed by atoms with Crippen molar-refractivity contribution < 1.29 is 24.5 Å². The van der Waals surface area contributed by atoms with Crippen molar-refractivity contribution in [2.24, 2.45) is 0 Å². The summed E-state index contributed by atoms with van der Waals surface area (Å²) in [5.74, 6) is -0.0831. The predicted octanol–water partition coefficient (Wildman–Crippen LogP) is 14.0. The number of esters is 1. The van der Waals surface area contributed by atoms with E-state index >= 15 is 0 Å². The zero-order chi connectivity index (χ0) is 39.4. The summed E-state index contributed by atoms with van der Waals surface area (Å²) in [5.41, 5.74) is 0. The first-order valence-corrected chi connectivity index (χ1v) is 24.3. The quantitative estimate of drug-likeness (QED) is 0.0424. The largest absolute Gasteiger partial charge is 0.466 e. The molecule has 0 saturated carbocycles. The van der Waals surface area contributed by atoms with E-state index in [0.717, 1.165) is 57.8 Å². The molecule has 0 radical (unpaired) electrons. The Hall–Kier alpha value is -1.14. The van der Waals surface area contributed by atoms with Crippen LogP contribution in [0.2, 0.25) is 0 Å². The van der Waals surface area contributed by atoms with Gasteiger partial charge in [-0.1, -0.05) is 232 Å². The van der Waals surface area contributed by atoms with Crippen LogP contribution in [0.5, 0.6) is 0 Å². The zero-order valence-electron chi connectivity index (χ0n) is 36.5. The Labute approximate surface area is 336 Å². The molecule has 6 nitrogen and oxygen atoms in total. The maximum atomic E-state index is 12.4. The highest BCUT2D eigenvalue weighted by molar-refractivity contribution is 5.76. The molecule has 54 heavy (non-hydrogen) atoms. The SMILES string of the molecule is CCCCCCCCCCCCCCCCCCCC(=O)OCCCCCCCCCCCC(=O)NC(CO)C(O)CCCCCCCCCCCCC. The highest BCUT2D eigenvalue weighted by Gasteiger charge is 2.20. The van der Waals surface area contributed by atoms with Crippen molar-refractivity contribution in [2.75, 3.05) is 13.2 Å². The topological polar surface area (TPSA) is 95.9 Å². The molecule has 0 saturated heterocycles. The highest BCUT2D eigenvalue weighted by atomic mass is 16.5. The van der Waals surface area contributed by atoms with Crippen LogP contribution < -0.4 is 5.32 Å². The van der Waals surface area contributed by atoms with Gasteiger partial charge in [0.05, 0.1) is 25.4 Å². The number of nitrogens with one attached hydrogen (secondary N) is 1. The van der Waals surface area contributed by atoms with E-state index in [2.05, 4.69) is 19.2 Å². The number of aliphatic hydroxyl groups excluding tert-OH is 2. The summed E-state index contributed by atoms with van der Waals surface area (Å²) in [7, 11) is 0. The molecule has 0 aliphatic heterocycles. The van der Waals surface area contributed by atoms with Gasteiger partial charge in [-0.15, -0.1) is 0 Å². The van der Waals surface area contributed by atoms with E-state index < -0.39 is 12.1 Å². The number of unbranched alkanes of at least 4 members (excludes halogenated alkanes) is 34. The van der Waals surface area contributed by atoms with E-state index in [1.54, 1.807) is 0 Å². The molecule has 0 fully saturated rings. The van der Waals surface area contributed by atoms with E-state index in [1.807, 2.05) is 0 Å². The zero-order valence-corrected chi connectivity index (χ0v) is 36.5. The van der Waals surface area contributed by atoms with E-state index in [-0.39, 0.29) is 18.5 Å². The smallest absolute Gasteiger partial charge is 0.305 e. The van der Waals surface area contributed by atoms with E-state index in [9.17, 15) is 19.8 Å². The van der Waals surface area contributed by atoms with Gasteiger partial charge in [0.1, 0.15) is 0 Å². The molecule has 0 spiro atoms. The van der Waals surface area contributed by atoms with Crippen LogP contribution in [-0.2, 0) is 14.3 Å². The molecule has 0 heterocycles. The van der Waals surface area contributed by atoms with Crippen molar-refractivity contribution in [3.63, 3.8) is 0 Å². The number of ether oxygens (including phenoxy) is 1. The molecule has 2 unspecified atom stereocenters. The molecular formula is C48H95NO5. The Morgan fingerprint density at radius 1 is 0.444 bits per heavy atom. The molecule has 0 aromatic rings. The van der Waals surface area contributed by atoms with E-state index in [1.165, 1.54) is 180 Å². The maximum absolute atomic E-state index is 12.4. The second-order valence-electron chi connectivity index (χ2n) is 16.8. The van der Waals surface area contributed by atoms with Crippen LogP contribution in [0, 0.1) is 0 Å². The average Bonchev–Trinajstić information content (AvgIpc) is 3.17. The molecule has 0 bridgehead atoms. The van der Waals surface area contributed by atoms with Crippen LogP contribution in [0.3, 0.4) is 0 Å². The monoisotopic (exact) mass is 766 g/mol. The molecule has 0 aliphatic carbocycles. The van der Waals surface area contributed by atoms with Gasteiger partial charge in [-0.05, 0) is 25.7 Å². The van der Waals surface area contributed by atoms with E-state index in [0.29, 0.717) is 25.9 Å². The number of rotatable bonds is 45. The summed E-state index contributed by atoms with van der Waals surface area (Å²) >= 11 is 0. The molecule has 1 amide bonds. The van der Waals surface area contributed by atoms with Gasteiger partial charge in [-0.2, -0.15) is 0 Å². The van der Waals surface area contributed by atoms with Crippen LogP contribution in [0.15, 0.2) is 0 Å². The van der Waals surface area contributed by atoms with Crippen molar-refractivity contribution in [3.05, 3.63) is 0 Å². The molecular weight excluding hydrogens is 671 g/mol. The van der Waals surface area contributed by atoms with Crippen molar-refractivity contribution in [3.8, 4) is 0 Å². The van der Waals surface area contributed by atoms with Gasteiger partial charge in [0.2, 0.25) is 5.91 Å². The van der Waals surface area contributed by atoms with Crippen molar-refractivity contribution in [2.45, 2.75) is 283 Å². The fourth-order valence-corrected chi connectivity index (χ4v) is 7.64. The third kappa shape index (κ3) is 40.5. The Morgan fingerprint density at radius 2 is 0.759 bits per heavy atom. The number of hydrogen-bond donors (Lipinski definition) is 3. The Bertz CT molecular complexity index is 761. The van der Waals surface area contributed by atoms with Crippen molar-refractivity contribution in [1.82, 2.24) is 5.32 Å². The van der Waals surface area contributed by atoms with Crippen molar-refractivity contribution in [1.29, 1.82) is 0 Å². The van der Waals surface area contributed by atoms with Crippen LogP contribution in [-0.4, -0.2) is 47.4 Å². The number of carbonyl (C=O) groups excluding carboxylic acids is 2. The van der Waals surface area contributed by atoms with Gasteiger partial charge in [0, 0.05) is 12.8 Å². The van der Waals surface area contributed by atoms with Crippen molar-refractivity contribution >= 4 is 11.9 Å². The normalized spacial score (nSPS) is 12.6. The lowest BCUT2D eigenvalue weighted by Gasteiger charge is -2.22. The fourth-order valence-electron chi connectivity index (χ4n) is 7.64. The third-order valence-electron chi connectivity index (χ3n) is 11.4. The number of carbonyl (C=O) groups is 2. The lowest BCUT2D eigenvalue weighted by Crippen LogP contribution is -2.45. The molecule has 0 aromatic heterocycles. The Balaban J connectivity index is 3.44. The minimum Gasteiger partial charge on any atom is -0.466 e. The minimum absolute atomic E-state index is 0.0210. The molecule has 6 heteroatoms. The van der Waals surface area contributed by atoms with Gasteiger partial charge in [0.25, 0.3) is 0 Å². The second-order valence-corrected chi connectivity index (χ2v) is 16.8. The number of amides is 1. The number of hydrogen-bond acceptors (Lipinski definition) is 5. The first kappa shape index (κ1) is 52.9. The molecule has 0 aromatic carbocycles. The van der Waals surface area contributed by atoms with Crippen LogP contribution in [0.4, 0.5) is 0 Å². The van der Waals surface area contributed by atoms with Crippen LogP contribution >= 0.6 is 0 Å². The highest BCUT2D eigenvalue weighted by Crippen LogP contribution is 2.16. The Morgan fingerprint density at radius 3 is 1.13 bits per heavy atom. The summed E-state index contributed by atoms with van der Waals surface area (Å²) in [5, 5.41) is 23.1. The predicted molar refractivity (Wildman–Crippen MR) is 232 cm³/mol. The summed E-state index contributed by atoms with van der Waals surface area (Å²) < 4.78 is 5.45. The molecule has 0 rings (SSSR count). The summed E-state index contributed by atoms with van der Waals surface area (Å²) in [6.07, 6.45) is 47.8. The van der Waals surface area contributed by atoms with Gasteiger partial charge in [-0.25, -0.2) is 0 Å². The standard InChI is InChI=1S/C48H95NO5/c1-3-5-7-9-11-13-15-16-17-18-19-20-22-26-30-34-38-42-48(53)54-43-39-35-31-27-23-25-29-33-37-41-47(52)49-45(44-50)46(51)40-36-32-28-24-21-14-12-10-8-6-4-2/h45-46,50-51H,3-44H2,1-2H3,(H,49,52). The van der Waals surface area contributed by atoms with Gasteiger partial charge in [0.15, 0.2) is 0 Å². The fraction of sp³-hybridized carbons (Fsp3) is 0.958. The molecule has 322 valence electrons. The molecule has 2 atom stereocenters. The minimum atomic E-state index is -0.678. The van der Waals surface area contributed by atoms with Crippen LogP contribution in [0.25, 0.3) is 0 Å². The van der Waals surface area contributed by atoms with Gasteiger partial charge >= 0.3 is 5.97 Å². The lowest BCUT2D eigenvalue weighted by molar-refractivity contribution is -0.143. The maximum Gasteiger partial charge on any atom is 0.305 e.